The van der Waals surface area contributed by atoms with Crippen molar-refractivity contribution in [3.05, 3.63) is 83.9 Å². The van der Waals surface area contributed by atoms with Crippen molar-refractivity contribution in [3.8, 4) is 22.9 Å². The number of anilines is 1. The SMILES string of the molecule is CCOC(=O)c1cc(-c2ccccc2)ccc1NC(=O)COc1ccc(CC#N)cc1. The number of hydrogen-bond acceptors (Lipinski definition) is 5. The molecule has 3 rings (SSSR count). The van der Waals surface area contributed by atoms with Gasteiger partial charge >= 0.3 is 5.97 Å². The average molecular weight is 414 g/mol. The second-order valence-electron chi connectivity index (χ2n) is 6.66. The molecule has 31 heavy (non-hydrogen) atoms. The average Bonchev–Trinajstić information content (AvgIpc) is 2.80. The van der Waals surface area contributed by atoms with Crippen molar-refractivity contribution in [2.24, 2.45) is 0 Å². The molecule has 3 aromatic carbocycles. The highest BCUT2D eigenvalue weighted by Crippen LogP contribution is 2.26. The van der Waals surface area contributed by atoms with E-state index in [9.17, 15) is 9.59 Å². The van der Waals surface area contributed by atoms with Crippen LogP contribution in [0, 0.1) is 11.3 Å². The monoisotopic (exact) mass is 414 g/mol. The van der Waals surface area contributed by atoms with Gasteiger partial charge in [-0.2, -0.15) is 5.26 Å². The van der Waals surface area contributed by atoms with E-state index in [1.54, 1.807) is 43.3 Å². The zero-order valence-electron chi connectivity index (χ0n) is 17.1. The minimum atomic E-state index is -0.510. The zero-order chi connectivity index (χ0) is 22.1. The number of carbonyl (C=O) groups excluding carboxylic acids is 2. The van der Waals surface area contributed by atoms with Gasteiger partial charge in [-0.15, -0.1) is 0 Å². The number of amides is 1. The topological polar surface area (TPSA) is 88.4 Å². The Kier molecular flexibility index (Phi) is 7.39. The molecule has 0 spiro atoms. The van der Waals surface area contributed by atoms with Crippen molar-refractivity contribution in [2.75, 3.05) is 18.5 Å². The molecule has 0 aliphatic rings. The lowest BCUT2D eigenvalue weighted by Crippen LogP contribution is -2.22. The summed E-state index contributed by atoms with van der Waals surface area (Å²) in [5.74, 6) is -0.398. The van der Waals surface area contributed by atoms with Crippen LogP contribution in [-0.2, 0) is 16.0 Å². The number of hydrogen-bond donors (Lipinski definition) is 1. The Labute approximate surface area is 181 Å². The van der Waals surface area contributed by atoms with E-state index in [0.29, 0.717) is 17.9 Å². The predicted molar refractivity (Wildman–Crippen MR) is 118 cm³/mol. The summed E-state index contributed by atoms with van der Waals surface area (Å²) >= 11 is 0. The van der Waals surface area contributed by atoms with E-state index in [1.165, 1.54) is 0 Å². The van der Waals surface area contributed by atoms with Gasteiger partial charge in [0.05, 0.1) is 30.3 Å². The summed E-state index contributed by atoms with van der Waals surface area (Å²) in [4.78, 5) is 24.9. The Hall–Kier alpha value is -4.11. The Bertz CT molecular complexity index is 1090. The third-order valence-corrected chi connectivity index (χ3v) is 4.47. The normalized spacial score (nSPS) is 10.1. The zero-order valence-corrected chi connectivity index (χ0v) is 17.1. The molecule has 1 N–H and O–H groups in total. The summed E-state index contributed by atoms with van der Waals surface area (Å²) in [7, 11) is 0. The minimum Gasteiger partial charge on any atom is -0.484 e. The molecule has 0 bridgehead atoms. The van der Waals surface area contributed by atoms with E-state index < -0.39 is 11.9 Å². The molecule has 0 fully saturated rings. The quantitative estimate of drug-likeness (QED) is 0.544. The van der Waals surface area contributed by atoms with E-state index in [4.69, 9.17) is 14.7 Å². The molecule has 156 valence electrons. The van der Waals surface area contributed by atoms with Gasteiger partial charge in [-0.25, -0.2) is 4.79 Å². The Morgan fingerprint density at radius 3 is 2.39 bits per heavy atom. The molecule has 0 aliphatic heterocycles. The van der Waals surface area contributed by atoms with Crippen LogP contribution in [0.5, 0.6) is 5.75 Å². The largest absolute Gasteiger partial charge is 0.484 e. The van der Waals surface area contributed by atoms with Crippen LogP contribution in [0.15, 0.2) is 72.8 Å². The lowest BCUT2D eigenvalue weighted by Gasteiger charge is -2.13. The highest BCUT2D eigenvalue weighted by Gasteiger charge is 2.16. The lowest BCUT2D eigenvalue weighted by molar-refractivity contribution is -0.118. The highest BCUT2D eigenvalue weighted by atomic mass is 16.5. The summed E-state index contributed by atoms with van der Waals surface area (Å²) in [5.41, 5.74) is 3.30. The number of nitrogens with one attached hydrogen (secondary N) is 1. The molecule has 3 aromatic rings. The molecule has 0 unspecified atom stereocenters. The van der Waals surface area contributed by atoms with Crippen LogP contribution in [0.25, 0.3) is 11.1 Å². The second kappa shape index (κ2) is 10.6. The number of nitrogens with zero attached hydrogens (tertiary/aromatic N) is 1. The van der Waals surface area contributed by atoms with Crippen molar-refractivity contribution < 1.29 is 19.1 Å². The van der Waals surface area contributed by atoms with Gasteiger partial charge < -0.3 is 14.8 Å². The first-order valence-corrected chi connectivity index (χ1v) is 9.86. The van der Waals surface area contributed by atoms with Gasteiger partial charge in [0.2, 0.25) is 0 Å². The Balaban J connectivity index is 1.72. The molecular formula is C25H22N2O4. The molecule has 6 heteroatoms. The van der Waals surface area contributed by atoms with E-state index in [0.717, 1.165) is 16.7 Å². The van der Waals surface area contributed by atoms with Crippen molar-refractivity contribution in [1.29, 1.82) is 5.26 Å². The first-order valence-electron chi connectivity index (χ1n) is 9.86. The molecular weight excluding hydrogens is 392 g/mol. The molecule has 6 nitrogen and oxygen atoms in total. The van der Waals surface area contributed by atoms with Gasteiger partial charge in [0.1, 0.15) is 5.75 Å². The highest BCUT2D eigenvalue weighted by molar-refractivity contribution is 6.02. The number of carbonyl (C=O) groups is 2. The number of rotatable bonds is 8. The van der Waals surface area contributed by atoms with E-state index in [2.05, 4.69) is 11.4 Å². The van der Waals surface area contributed by atoms with E-state index in [-0.39, 0.29) is 18.8 Å². The second-order valence-corrected chi connectivity index (χ2v) is 6.66. The minimum absolute atomic E-state index is 0.222. The standard InChI is InChI=1S/C25H22N2O4/c1-2-30-25(29)22-16-20(19-6-4-3-5-7-19)10-13-23(22)27-24(28)17-31-21-11-8-18(9-12-21)14-15-26/h3-13,16H,2,14,17H2,1H3,(H,27,28). The van der Waals surface area contributed by atoms with Crippen molar-refractivity contribution in [2.45, 2.75) is 13.3 Å². The van der Waals surface area contributed by atoms with Crippen LogP contribution in [0.1, 0.15) is 22.8 Å². The van der Waals surface area contributed by atoms with Gasteiger partial charge in [0.25, 0.3) is 5.91 Å². The summed E-state index contributed by atoms with van der Waals surface area (Å²) < 4.78 is 10.7. The molecule has 0 radical (unpaired) electrons. The fourth-order valence-electron chi connectivity index (χ4n) is 2.97. The summed E-state index contributed by atoms with van der Waals surface area (Å²) in [6, 6.07) is 23.9. The van der Waals surface area contributed by atoms with Crippen molar-refractivity contribution >= 4 is 17.6 Å². The van der Waals surface area contributed by atoms with Gasteiger partial charge in [0, 0.05) is 0 Å². The predicted octanol–water partition coefficient (Wildman–Crippen LogP) is 4.61. The van der Waals surface area contributed by atoms with Crippen LogP contribution >= 0.6 is 0 Å². The maximum Gasteiger partial charge on any atom is 0.340 e. The van der Waals surface area contributed by atoms with Gasteiger partial charge in [-0.1, -0.05) is 48.5 Å². The van der Waals surface area contributed by atoms with Crippen LogP contribution < -0.4 is 10.1 Å². The maximum absolute atomic E-state index is 12.5. The van der Waals surface area contributed by atoms with Crippen molar-refractivity contribution in [1.82, 2.24) is 0 Å². The smallest absolute Gasteiger partial charge is 0.340 e. The number of benzene rings is 3. The van der Waals surface area contributed by atoms with Crippen LogP contribution in [-0.4, -0.2) is 25.1 Å². The first kappa shape index (κ1) is 21.6. The number of esters is 1. The van der Waals surface area contributed by atoms with Gasteiger partial charge in [-0.05, 0) is 47.9 Å². The fourth-order valence-corrected chi connectivity index (χ4v) is 2.97. The van der Waals surface area contributed by atoms with E-state index in [1.807, 2.05) is 36.4 Å². The molecule has 0 saturated carbocycles. The summed E-state index contributed by atoms with van der Waals surface area (Å²) in [5, 5.41) is 11.4. The number of nitriles is 1. The number of ether oxygens (including phenoxy) is 2. The van der Waals surface area contributed by atoms with Crippen LogP contribution in [0.3, 0.4) is 0 Å². The Morgan fingerprint density at radius 2 is 1.71 bits per heavy atom. The maximum atomic E-state index is 12.5. The molecule has 0 saturated heterocycles. The summed E-state index contributed by atoms with van der Waals surface area (Å²) in [6.45, 7) is 1.74. The molecule has 0 aromatic heterocycles. The van der Waals surface area contributed by atoms with Gasteiger partial charge in [0.15, 0.2) is 6.61 Å². The lowest BCUT2D eigenvalue weighted by atomic mass is 10.0. The molecule has 0 heterocycles. The van der Waals surface area contributed by atoms with E-state index >= 15 is 0 Å². The third-order valence-electron chi connectivity index (χ3n) is 4.47. The molecule has 0 atom stereocenters. The fraction of sp³-hybridized carbons (Fsp3) is 0.160. The molecule has 1 amide bonds. The first-order chi connectivity index (χ1) is 15.1. The van der Waals surface area contributed by atoms with Crippen molar-refractivity contribution in [3.63, 3.8) is 0 Å². The Morgan fingerprint density at radius 1 is 0.968 bits per heavy atom. The summed E-state index contributed by atoms with van der Waals surface area (Å²) in [6.07, 6.45) is 0.316. The van der Waals surface area contributed by atoms with Gasteiger partial charge in [-0.3, -0.25) is 4.79 Å². The van der Waals surface area contributed by atoms with Crippen LogP contribution in [0.4, 0.5) is 5.69 Å². The molecule has 0 aliphatic carbocycles. The third kappa shape index (κ3) is 5.94. The van der Waals surface area contributed by atoms with Crippen LogP contribution in [0.2, 0.25) is 0 Å².